The second-order valence-electron chi connectivity index (χ2n) is 8.40. The Balaban J connectivity index is 2.09. The number of hydrogen-bond acceptors (Lipinski definition) is 2. The molecule has 2 atom stereocenters. The SMILES string of the molecule is CC[C@@H](C)NC(=O)[C@@H](C)N(Cc1ccccc1)C(=O)CCc1ccc(C(C)C)cc1. The summed E-state index contributed by atoms with van der Waals surface area (Å²) in [6, 6.07) is 17.9. The summed E-state index contributed by atoms with van der Waals surface area (Å²) in [6.07, 6.45) is 1.91. The summed E-state index contributed by atoms with van der Waals surface area (Å²) in [5, 5.41) is 3.01. The summed E-state index contributed by atoms with van der Waals surface area (Å²) in [5.74, 6) is 0.389. The summed E-state index contributed by atoms with van der Waals surface area (Å²) in [4.78, 5) is 27.6. The third-order valence-electron chi connectivity index (χ3n) is 5.64. The molecule has 2 amide bonds. The van der Waals surface area contributed by atoms with Crippen LogP contribution < -0.4 is 5.32 Å². The van der Waals surface area contributed by atoms with Crippen LogP contribution in [-0.2, 0) is 22.6 Å². The van der Waals surface area contributed by atoms with Crippen molar-refractivity contribution in [2.45, 2.75) is 78.4 Å². The fourth-order valence-corrected chi connectivity index (χ4v) is 3.29. The summed E-state index contributed by atoms with van der Waals surface area (Å²) in [7, 11) is 0. The van der Waals surface area contributed by atoms with E-state index in [1.165, 1.54) is 5.56 Å². The van der Waals surface area contributed by atoms with Gasteiger partial charge in [-0.15, -0.1) is 0 Å². The monoisotopic (exact) mass is 408 g/mol. The molecule has 0 aliphatic heterocycles. The smallest absolute Gasteiger partial charge is 0.242 e. The first kappa shape index (κ1) is 23.7. The molecule has 0 aliphatic rings. The first-order valence-electron chi connectivity index (χ1n) is 11.0. The maximum Gasteiger partial charge on any atom is 0.242 e. The van der Waals surface area contributed by atoms with Crippen molar-refractivity contribution in [1.82, 2.24) is 10.2 Å². The molecule has 0 spiro atoms. The Kier molecular flexibility index (Phi) is 9.10. The van der Waals surface area contributed by atoms with Crippen LogP contribution >= 0.6 is 0 Å². The highest BCUT2D eigenvalue weighted by Gasteiger charge is 2.26. The van der Waals surface area contributed by atoms with Crippen molar-refractivity contribution in [3.8, 4) is 0 Å². The highest BCUT2D eigenvalue weighted by molar-refractivity contribution is 5.87. The van der Waals surface area contributed by atoms with Gasteiger partial charge in [0.05, 0.1) is 0 Å². The van der Waals surface area contributed by atoms with Crippen molar-refractivity contribution < 1.29 is 9.59 Å². The molecule has 2 rings (SSSR count). The second-order valence-corrected chi connectivity index (χ2v) is 8.40. The molecule has 0 aliphatic carbocycles. The largest absolute Gasteiger partial charge is 0.352 e. The van der Waals surface area contributed by atoms with Crippen LogP contribution in [0.25, 0.3) is 0 Å². The Morgan fingerprint density at radius 2 is 1.53 bits per heavy atom. The van der Waals surface area contributed by atoms with Gasteiger partial charge in [-0.2, -0.15) is 0 Å². The fourth-order valence-electron chi connectivity index (χ4n) is 3.29. The molecular weight excluding hydrogens is 372 g/mol. The molecular formula is C26H36N2O2. The number of nitrogens with zero attached hydrogens (tertiary/aromatic N) is 1. The minimum Gasteiger partial charge on any atom is -0.352 e. The minimum absolute atomic E-state index is 0.00130. The zero-order chi connectivity index (χ0) is 22.1. The van der Waals surface area contributed by atoms with Gasteiger partial charge in [0.25, 0.3) is 0 Å². The number of carbonyl (C=O) groups excluding carboxylic acids is 2. The van der Waals surface area contributed by atoms with E-state index in [4.69, 9.17) is 0 Å². The number of carbonyl (C=O) groups is 2. The van der Waals surface area contributed by atoms with Crippen LogP contribution in [0.4, 0.5) is 0 Å². The van der Waals surface area contributed by atoms with Crippen molar-refractivity contribution in [1.29, 1.82) is 0 Å². The molecule has 0 saturated carbocycles. The highest BCUT2D eigenvalue weighted by atomic mass is 16.2. The molecule has 0 saturated heterocycles. The van der Waals surface area contributed by atoms with Gasteiger partial charge in [0.1, 0.15) is 6.04 Å². The molecule has 0 bridgehead atoms. The molecule has 2 aromatic carbocycles. The van der Waals surface area contributed by atoms with E-state index in [0.717, 1.165) is 17.5 Å². The average molecular weight is 409 g/mol. The molecule has 4 nitrogen and oxygen atoms in total. The standard InChI is InChI=1S/C26H36N2O2/c1-6-20(4)27-26(30)21(5)28(18-23-10-8-7-9-11-23)25(29)17-14-22-12-15-24(16-13-22)19(2)3/h7-13,15-16,19-21H,6,14,17-18H2,1-5H3,(H,27,30)/t20-,21-/m1/s1. The molecule has 2 aromatic rings. The third kappa shape index (κ3) is 7.01. The predicted molar refractivity (Wildman–Crippen MR) is 123 cm³/mol. The first-order chi connectivity index (χ1) is 14.3. The van der Waals surface area contributed by atoms with Crippen LogP contribution in [0.2, 0.25) is 0 Å². The Morgan fingerprint density at radius 1 is 0.900 bits per heavy atom. The maximum atomic E-state index is 13.1. The Morgan fingerprint density at radius 3 is 2.10 bits per heavy atom. The van der Waals surface area contributed by atoms with Gasteiger partial charge in [-0.05, 0) is 49.3 Å². The molecule has 162 valence electrons. The third-order valence-corrected chi connectivity index (χ3v) is 5.64. The van der Waals surface area contributed by atoms with Crippen LogP contribution in [0.5, 0.6) is 0 Å². The van der Waals surface area contributed by atoms with Gasteiger partial charge < -0.3 is 10.2 Å². The number of benzene rings is 2. The van der Waals surface area contributed by atoms with Crippen molar-refractivity contribution in [2.75, 3.05) is 0 Å². The number of aryl methyl sites for hydroxylation is 1. The Bertz CT molecular complexity index is 800. The van der Waals surface area contributed by atoms with Gasteiger partial charge in [-0.3, -0.25) is 9.59 Å². The molecule has 1 N–H and O–H groups in total. The lowest BCUT2D eigenvalue weighted by Crippen LogP contribution is -2.49. The second kappa shape index (κ2) is 11.5. The Hall–Kier alpha value is -2.62. The van der Waals surface area contributed by atoms with Crippen molar-refractivity contribution in [2.24, 2.45) is 0 Å². The lowest BCUT2D eigenvalue weighted by atomic mass is 10.00. The van der Waals surface area contributed by atoms with E-state index in [-0.39, 0.29) is 17.9 Å². The fraction of sp³-hybridized carbons (Fsp3) is 0.462. The van der Waals surface area contributed by atoms with E-state index in [9.17, 15) is 9.59 Å². The van der Waals surface area contributed by atoms with Crippen LogP contribution in [0.3, 0.4) is 0 Å². The average Bonchev–Trinajstić information content (AvgIpc) is 2.76. The first-order valence-corrected chi connectivity index (χ1v) is 11.0. The van der Waals surface area contributed by atoms with E-state index in [1.54, 1.807) is 4.90 Å². The predicted octanol–water partition coefficient (Wildman–Crippen LogP) is 5.07. The van der Waals surface area contributed by atoms with Crippen molar-refractivity contribution >= 4 is 11.8 Å². The van der Waals surface area contributed by atoms with E-state index in [0.29, 0.717) is 25.3 Å². The Labute approximate surface area is 181 Å². The van der Waals surface area contributed by atoms with E-state index < -0.39 is 6.04 Å². The van der Waals surface area contributed by atoms with Gasteiger partial charge >= 0.3 is 0 Å². The topological polar surface area (TPSA) is 49.4 Å². The number of rotatable bonds is 10. The minimum atomic E-state index is -0.518. The summed E-state index contributed by atoms with van der Waals surface area (Å²) < 4.78 is 0. The highest BCUT2D eigenvalue weighted by Crippen LogP contribution is 2.17. The van der Waals surface area contributed by atoms with Crippen molar-refractivity contribution in [3.05, 3.63) is 71.3 Å². The normalized spacial score (nSPS) is 13.0. The lowest BCUT2D eigenvalue weighted by molar-refractivity contribution is -0.140. The van der Waals surface area contributed by atoms with Gasteiger partial charge in [-0.25, -0.2) is 0 Å². The number of amides is 2. The maximum absolute atomic E-state index is 13.1. The summed E-state index contributed by atoms with van der Waals surface area (Å²) >= 11 is 0. The van der Waals surface area contributed by atoms with E-state index in [1.807, 2.05) is 51.1 Å². The molecule has 0 unspecified atom stereocenters. The summed E-state index contributed by atoms with van der Waals surface area (Å²) in [6.45, 7) is 10.6. The van der Waals surface area contributed by atoms with Gasteiger partial charge in [-0.1, -0.05) is 75.4 Å². The molecule has 0 fully saturated rings. The molecule has 0 aromatic heterocycles. The van der Waals surface area contributed by atoms with Crippen LogP contribution in [0.1, 0.15) is 70.1 Å². The van der Waals surface area contributed by atoms with Crippen LogP contribution in [0.15, 0.2) is 54.6 Å². The van der Waals surface area contributed by atoms with Crippen LogP contribution in [-0.4, -0.2) is 28.8 Å². The van der Waals surface area contributed by atoms with Crippen molar-refractivity contribution in [3.63, 3.8) is 0 Å². The lowest BCUT2D eigenvalue weighted by Gasteiger charge is -2.29. The quantitative estimate of drug-likeness (QED) is 0.596. The zero-order valence-corrected chi connectivity index (χ0v) is 19.0. The molecule has 0 heterocycles. The molecule has 30 heavy (non-hydrogen) atoms. The zero-order valence-electron chi connectivity index (χ0n) is 19.0. The van der Waals surface area contributed by atoms with Crippen LogP contribution in [0, 0.1) is 0 Å². The van der Waals surface area contributed by atoms with E-state index >= 15 is 0 Å². The number of hydrogen-bond donors (Lipinski definition) is 1. The van der Waals surface area contributed by atoms with Gasteiger partial charge in [0.15, 0.2) is 0 Å². The van der Waals surface area contributed by atoms with Gasteiger partial charge in [0.2, 0.25) is 11.8 Å². The molecule has 0 radical (unpaired) electrons. The summed E-state index contributed by atoms with van der Waals surface area (Å²) in [5.41, 5.74) is 3.46. The number of nitrogens with one attached hydrogen (secondary N) is 1. The van der Waals surface area contributed by atoms with E-state index in [2.05, 4.69) is 43.4 Å². The molecule has 4 heteroatoms. The van der Waals surface area contributed by atoms with Gasteiger partial charge in [0, 0.05) is 19.0 Å².